The van der Waals surface area contributed by atoms with Crippen LogP contribution in [0.4, 0.5) is 48.3 Å². The fourth-order valence-electron chi connectivity index (χ4n) is 3.40. The Kier molecular flexibility index (Phi) is 10.7. The summed E-state index contributed by atoms with van der Waals surface area (Å²) in [6.07, 6.45) is -27.1. The maximum atomic E-state index is 14.0. The highest BCUT2D eigenvalue weighted by Crippen LogP contribution is 2.38. The van der Waals surface area contributed by atoms with Crippen molar-refractivity contribution in [3.8, 4) is 28.4 Å². The molecule has 0 N–H and O–H groups in total. The molecule has 0 atom stereocenters. The predicted molar refractivity (Wildman–Crippen MR) is 131 cm³/mol. The first kappa shape index (κ1) is 36.8. The molecule has 10 nitrogen and oxygen atoms in total. The number of hydrogen-bond donors (Lipinski definition) is 0. The van der Waals surface area contributed by atoms with E-state index in [1.165, 1.54) is 6.07 Å². The van der Waals surface area contributed by atoms with Gasteiger partial charge < -0.3 is 23.4 Å². The van der Waals surface area contributed by atoms with Crippen LogP contribution in [0.3, 0.4) is 0 Å². The summed E-state index contributed by atoms with van der Waals surface area (Å²) in [5.41, 5.74) is -2.47. The van der Waals surface area contributed by atoms with E-state index >= 15 is 0 Å². The molecule has 3 rings (SSSR count). The van der Waals surface area contributed by atoms with E-state index in [-0.39, 0.29) is 16.7 Å². The second-order valence-corrected chi connectivity index (χ2v) is 8.67. The zero-order valence-electron chi connectivity index (χ0n) is 23.0. The van der Waals surface area contributed by atoms with E-state index in [4.69, 9.17) is 9.15 Å². The summed E-state index contributed by atoms with van der Waals surface area (Å²) in [4.78, 5) is 23.4. The average Bonchev–Trinajstić information content (AvgIpc) is 2.91. The maximum Gasteiger partial charge on any atom is 0.573 e. The minimum absolute atomic E-state index is 0.0121. The van der Waals surface area contributed by atoms with Gasteiger partial charge in [0.05, 0.1) is 12.7 Å². The number of carbonyl (C=O) groups excluding carboxylic acids is 1. The van der Waals surface area contributed by atoms with Gasteiger partial charge in [-0.1, -0.05) is 6.58 Å². The van der Waals surface area contributed by atoms with Crippen LogP contribution in [0.15, 0.2) is 64.3 Å². The van der Waals surface area contributed by atoms with Gasteiger partial charge in [0.1, 0.15) is 22.8 Å². The van der Waals surface area contributed by atoms with E-state index < -0.39 is 78.6 Å². The van der Waals surface area contributed by atoms with E-state index in [9.17, 15) is 57.9 Å². The molecule has 0 aliphatic rings. The molecule has 0 radical (unpaired) electrons. The highest BCUT2D eigenvalue weighted by atomic mass is 19.4. The van der Waals surface area contributed by atoms with Crippen molar-refractivity contribution >= 4 is 16.9 Å². The number of carbonyl (C=O) groups is 1. The minimum atomic E-state index is -5.99. The van der Waals surface area contributed by atoms with Gasteiger partial charge in [-0.05, 0) is 30.3 Å². The molecule has 0 aliphatic carbocycles. The summed E-state index contributed by atoms with van der Waals surface area (Å²) in [7, 11) is 1.16. The fourth-order valence-corrected chi connectivity index (χ4v) is 3.40. The van der Waals surface area contributed by atoms with Gasteiger partial charge in [0.15, 0.2) is 13.2 Å². The Hall–Kier alpha value is -4.63. The number of halogens is 11. The third-order valence-electron chi connectivity index (χ3n) is 5.14. The topological polar surface area (TPSA) is 112 Å². The van der Waals surface area contributed by atoms with Gasteiger partial charge in [0, 0.05) is 29.2 Å². The first-order chi connectivity index (χ1) is 21.5. The lowest BCUT2D eigenvalue weighted by atomic mass is 10.0. The zero-order valence-corrected chi connectivity index (χ0v) is 23.0. The van der Waals surface area contributed by atoms with E-state index in [2.05, 4.69) is 35.0 Å². The molecule has 21 heteroatoms. The summed E-state index contributed by atoms with van der Waals surface area (Å²) in [6.45, 7) is -1.56. The second-order valence-electron chi connectivity index (χ2n) is 8.67. The Labute approximate surface area is 253 Å². The van der Waals surface area contributed by atoms with Gasteiger partial charge in [0.25, 0.3) is 0 Å². The quantitative estimate of drug-likeness (QED) is 0.0552. The molecular formula is C26H17F11O10. The molecule has 0 aliphatic heterocycles. The summed E-state index contributed by atoms with van der Waals surface area (Å²) < 4.78 is 178. The van der Waals surface area contributed by atoms with Crippen LogP contribution < -0.4 is 19.8 Å². The van der Waals surface area contributed by atoms with Gasteiger partial charge in [-0.15, -0.1) is 30.7 Å². The van der Waals surface area contributed by atoms with Crippen LogP contribution in [0.1, 0.15) is 0 Å². The summed E-state index contributed by atoms with van der Waals surface area (Å²) >= 11 is 0. The highest BCUT2D eigenvalue weighted by Gasteiger charge is 2.57. The average molecular weight is 698 g/mol. The van der Waals surface area contributed by atoms with Gasteiger partial charge >= 0.3 is 42.8 Å². The number of methoxy groups -OCH3 is 1. The molecule has 258 valence electrons. The summed E-state index contributed by atoms with van der Waals surface area (Å²) in [6, 6.07) is 6.88. The first-order valence-corrected chi connectivity index (χ1v) is 12.1. The number of fused-ring (bicyclic) bond motifs is 1. The maximum absolute atomic E-state index is 14.0. The third kappa shape index (κ3) is 11.0. The Balaban J connectivity index is 1.72. The minimum Gasteiger partial charge on any atom is -0.497 e. The lowest BCUT2D eigenvalue weighted by Gasteiger charge is -2.27. The highest BCUT2D eigenvalue weighted by molar-refractivity contribution is 5.84. The molecule has 2 aromatic carbocycles. The number of esters is 1. The van der Waals surface area contributed by atoms with Gasteiger partial charge in [-0.2, -0.15) is 17.6 Å². The standard InChI is InChI=1S/C26H17F11O10/c1-3-20(38)42-12-23(29,30)46-26(36,37)47-25(34,35)45-22(27,28)11-41-15-5-4-13-8-17(21(39)43-18(13)10-15)16-7-6-14(40-2)9-19(16)44-24(31,32)33/h3-10H,1,11-12H2,2H3. The van der Waals surface area contributed by atoms with Crippen LogP contribution in [0.2, 0.25) is 0 Å². The molecule has 0 bridgehead atoms. The zero-order chi connectivity index (χ0) is 35.4. The van der Waals surface area contributed by atoms with Crippen molar-refractivity contribution in [2.75, 3.05) is 20.3 Å². The first-order valence-electron chi connectivity index (χ1n) is 12.1. The fraction of sp³-hybridized carbons (Fsp3) is 0.308. The molecule has 0 spiro atoms. The van der Waals surface area contributed by atoms with Crippen LogP contribution in [0.25, 0.3) is 22.1 Å². The normalized spacial score (nSPS) is 12.9. The van der Waals surface area contributed by atoms with Crippen molar-refractivity contribution < 1.29 is 90.7 Å². The van der Waals surface area contributed by atoms with Crippen LogP contribution in [-0.2, 0) is 23.7 Å². The molecule has 0 amide bonds. The van der Waals surface area contributed by atoms with Crippen molar-refractivity contribution in [3.05, 3.63) is 65.5 Å². The van der Waals surface area contributed by atoms with Gasteiger partial charge in [-0.3, -0.25) is 0 Å². The van der Waals surface area contributed by atoms with Crippen LogP contribution in [0, 0.1) is 0 Å². The van der Waals surface area contributed by atoms with Gasteiger partial charge in [0.2, 0.25) is 0 Å². The van der Waals surface area contributed by atoms with Crippen molar-refractivity contribution in [1.29, 1.82) is 0 Å². The Morgan fingerprint density at radius 3 is 1.96 bits per heavy atom. The predicted octanol–water partition coefficient (Wildman–Crippen LogP) is 6.81. The summed E-state index contributed by atoms with van der Waals surface area (Å²) in [5, 5.41) is -0.0121. The Bertz CT molecular complexity index is 1650. The SMILES string of the molecule is C=CC(=O)OCC(F)(F)OC(F)(F)OC(F)(F)OC(F)(F)COc1ccc2cc(-c3ccc(OC)cc3OC(F)(F)F)c(=O)oc2c1. The Morgan fingerprint density at radius 1 is 0.787 bits per heavy atom. The number of ether oxygens (including phenoxy) is 7. The molecule has 3 aromatic rings. The molecular weight excluding hydrogens is 681 g/mol. The van der Waals surface area contributed by atoms with Crippen molar-refractivity contribution in [2.45, 2.75) is 31.2 Å². The Morgan fingerprint density at radius 2 is 1.38 bits per heavy atom. The number of alkyl halides is 11. The number of rotatable bonds is 15. The van der Waals surface area contributed by atoms with Gasteiger partial charge in [-0.25, -0.2) is 23.8 Å². The van der Waals surface area contributed by atoms with E-state index in [1.54, 1.807) is 0 Å². The molecule has 0 unspecified atom stereocenters. The van der Waals surface area contributed by atoms with E-state index in [0.29, 0.717) is 6.08 Å². The third-order valence-corrected chi connectivity index (χ3v) is 5.14. The van der Waals surface area contributed by atoms with E-state index in [1.807, 2.05) is 0 Å². The van der Waals surface area contributed by atoms with Crippen LogP contribution in [0.5, 0.6) is 17.2 Å². The van der Waals surface area contributed by atoms with Crippen molar-refractivity contribution in [3.63, 3.8) is 0 Å². The lowest BCUT2D eigenvalue weighted by molar-refractivity contribution is -0.574. The molecule has 0 saturated carbocycles. The number of benzene rings is 2. The summed E-state index contributed by atoms with van der Waals surface area (Å²) in [5.74, 6) is -3.05. The largest absolute Gasteiger partial charge is 0.573 e. The molecule has 1 aromatic heterocycles. The van der Waals surface area contributed by atoms with E-state index in [0.717, 1.165) is 43.5 Å². The van der Waals surface area contributed by atoms with Crippen molar-refractivity contribution in [2.24, 2.45) is 0 Å². The second kappa shape index (κ2) is 13.6. The van der Waals surface area contributed by atoms with Crippen molar-refractivity contribution in [1.82, 2.24) is 0 Å². The molecule has 1 heterocycles. The smallest absolute Gasteiger partial charge is 0.497 e. The van der Waals surface area contributed by atoms with Crippen LogP contribution >= 0.6 is 0 Å². The monoisotopic (exact) mass is 698 g/mol. The molecule has 47 heavy (non-hydrogen) atoms. The molecule has 0 saturated heterocycles. The number of hydrogen-bond acceptors (Lipinski definition) is 10. The van der Waals surface area contributed by atoms with Crippen LogP contribution in [-0.4, -0.2) is 57.5 Å². The lowest BCUT2D eigenvalue weighted by Crippen LogP contribution is -2.46. The molecule has 0 fully saturated rings.